The summed E-state index contributed by atoms with van der Waals surface area (Å²) in [7, 11) is 2.09. The molecule has 0 fully saturated rings. The first kappa shape index (κ1) is 18.3. The number of hydrogen-bond donors (Lipinski definition) is 0. The maximum absolute atomic E-state index is 5.68. The molecule has 0 N–H and O–H groups in total. The number of rotatable bonds is 7. The highest BCUT2D eigenvalue weighted by Gasteiger charge is 2.13. The summed E-state index contributed by atoms with van der Waals surface area (Å²) in [6.45, 7) is 8.12. The lowest BCUT2D eigenvalue weighted by Gasteiger charge is -2.17. The van der Waals surface area contributed by atoms with Crippen molar-refractivity contribution in [3.05, 3.63) is 83.2 Å². The summed E-state index contributed by atoms with van der Waals surface area (Å²) in [5.74, 6) is 0.875. The van der Waals surface area contributed by atoms with Gasteiger partial charge in [-0.05, 0) is 37.3 Å². The number of aromatic nitrogens is 3. The van der Waals surface area contributed by atoms with E-state index in [1.54, 1.807) is 0 Å². The Labute approximate surface area is 160 Å². The van der Waals surface area contributed by atoms with Gasteiger partial charge in [0.1, 0.15) is 0 Å². The van der Waals surface area contributed by atoms with Gasteiger partial charge in [0.15, 0.2) is 10.6 Å². The second-order valence-corrected chi connectivity index (χ2v) is 6.82. The van der Waals surface area contributed by atoms with Crippen LogP contribution in [0.4, 0.5) is 0 Å². The standard InChI is InChI=1S/C21H24N4S/c1-4-14-24-20(18-11-6-5-7-12-18)22-25(21(24)26)16-23(3)15-19-13-9-8-10-17(19)2/h4-13H,1,14-16H2,2-3H3. The first-order valence-corrected chi connectivity index (χ1v) is 9.08. The van der Waals surface area contributed by atoms with Gasteiger partial charge in [0.25, 0.3) is 0 Å². The van der Waals surface area contributed by atoms with Crippen molar-refractivity contribution in [1.29, 1.82) is 0 Å². The zero-order valence-electron chi connectivity index (χ0n) is 15.3. The Hall–Kier alpha value is -2.50. The molecular formula is C21H24N4S. The van der Waals surface area contributed by atoms with E-state index in [-0.39, 0.29) is 0 Å². The Bertz CT molecular complexity index is 940. The van der Waals surface area contributed by atoms with Crippen molar-refractivity contribution in [3.8, 4) is 11.4 Å². The number of aryl methyl sites for hydroxylation is 1. The van der Waals surface area contributed by atoms with Crippen molar-refractivity contribution in [3.63, 3.8) is 0 Å². The summed E-state index contributed by atoms with van der Waals surface area (Å²) in [6, 6.07) is 18.6. The average molecular weight is 365 g/mol. The highest BCUT2D eigenvalue weighted by Crippen LogP contribution is 2.19. The molecule has 4 nitrogen and oxygen atoms in total. The molecule has 1 heterocycles. The quantitative estimate of drug-likeness (QED) is 0.450. The van der Waals surface area contributed by atoms with Crippen molar-refractivity contribution in [2.45, 2.75) is 26.7 Å². The van der Waals surface area contributed by atoms with Gasteiger partial charge >= 0.3 is 0 Å². The molecule has 0 bridgehead atoms. The SMILES string of the molecule is C=CCn1c(-c2ccccc2)nn(CN(C)Cc2ccccc2C)c1=S. The van der Waals surface area contributed by atoms with Crippen LogP contribution >= 0.6 is 12.2 Å². The van der Waals surface area contributed by atoms with Crippen molar-refractivity contribution in [2.75, 3.05) is 7.05 Å². The molecular weight excluding hydrogens is 340 g/mol. The predicted molar refractivity (Wildman–Crippen MR) is 109 cm³/mol. The minimum Gasteiger partial charge on any atom is -0.296 e. The van der Waals surface area contributed by atoms with E-state index < -0.39 is 0 Å². The Morgan fingerprint density at radius 2 is 1.81 bits per heavy atom. The second-order valence-electron chi connectivity index (χ2n) is 6.45. The minimum absolute atomic E-state index is 0.636. The fourth-order valence-electron chi connectivity index (χ4n) is 2.98. The summed E-state index contributed by atoms with van der Waals surface area (Å²) < 4.78 is 4.62. The first-order valence-electron chi connectivity index (χ1n) is 8.67. The Balaban J connectivity index is 1.87. The van der Waals surface area contributed by atoms with Gasteiger partial charge in [-0.3, -0.25) is 9.47 Å². The molecule has 0 atom stereocenters. The molecule has 0 aliphatic heterocycles. The molecule has 0 saturated carbocycles. The van der Waals surface area contributed by atoms with E-state index in [1.807, 2.05) is 33.5 Å². The molecule has 0 aliphatic rings. The van der Waals surface area contributed by atoms with Crippen LogP contribution in [0.5, 0.6) is 0 Å². The Morgan fingerprint density at radius 3 is 2.50 bits per heavy atom. The normalized spacial score (nSPS) is 11.0. The lowest BCUT2D eigenvalue weighted by Crippen LogP contribution is -2.23. The van der Waals surface area contributed by atoms with Crippen LogP contribution in [-0.2, 0) is 19.8 Å². The smallest absolute Gasteiger partial charge is 0.199 e. The predicted octanol–water partition coefficient (Wildman–Crippen LogP) is 4.67. The molecule has 134 valence electrons. The second kappa shape index (κ2) is 8.25. The maximum Gasteiger partial charge on any atom is 0.199 e. The summed E-state index contributed by atoms with van der Waals surface area (Å²) >= 11 is 5.68. The third-order valence-corrected chi connectivity index (χ3v) is 4.77. The van der Waals surface area contributed by atoms with Crippen molar-refractivity contribution < 1.29 is 0 Å². The number of allylic oxidation sites excluding steroid dienone is 1. The summed E-state index contributed by atoms with van der Waals surface area (Å²) in [6.07, 6.45) is 1.85. The summed E-state index contributed by atoms with van der Waals surface area (Å²) in [4.78, 5) is 2.22. The van der Waals surface area contributed by atoms with Gasteiger partial charge in [0.2, 0.25) is 0 Å². The van der Waals surface area contributed by atoms with Gasteiger partial charge in [-0.2, -0.15) is 5.10 Å². The van der Waals surface area contributed by atoms with Crippen LogP contribution in [0.15, 0.2) is 67.3 Å². The Morgan fingerprint density at radius 1 is 1.12 bits per heavy atom. The molecule has 5 heteroatoms. The van der Waals surface area contributed by atoms with E-state index >= 15 is 0 Å². The largest absolute Gasteiger partial charge is 0.296 e. The van der Waals surface area contributed by atoms with Gasteiger partial charge in [-0.25, -0.2) is 4.68 Å². The number of nitrogens with zero attached hydrogens (tertiary/aromatic N) is 4. The van der Waals surface area contributed by atoms with Gasteiger partial charge in [-0.1, -0.05) is 60.7 Å². The summed E-state index contributed by atoms with van der Waals surface area (Å²) in [5.41, 5.74) is 3.67. The van der Waals surface area contributed by atoms with Crippen LogP contribution in [0.2, 0.25) is 0 Å². The van der Waals surface area contributed by atoms with Crippen LogP contribution < -0.4 is 0 Å². The zero-order chi connectivity index (χ0) is 18.5. The van der Waals surface area contributed by atoms with E-state index in [0.29, 0.717) is 18.0 Å². The lowest BCUT2D eigenvalue weighted by atomic mass is 10.1. The third-order valence-electron chi connectivity index (χ3n) is 4.34. The zero-order valence-corrected chi connectivity index (χ0v) is 16.1. The average Bonchev–Trinajstić information content (AvgIpc) is 2.94. The van der Waals surface area contributed by atoms with Crippen molar-refractivity contribution in [2.24, 2.45) is 0 Å². The van der Waals surface area contributed by atoms with Gasteiger partial charge in [0.05, 0.1) is 6.67 Å². The van der Waals surface area contributed by atoms with Crippen LogP contribution in [0.25, 0.3) is 11.4 Å². The molecule has 2 aromatic carbocycles. The maximum atomic E-state index is 5.68. The highest BCUT2D eigenvalue weighted by molar-refractivity contribution is 7.71. The lowest BCUT2D eigenvalue weighted by molar-refractivity contribution is 0.243. The molecule has 0 saturated heterocycles. The fourth-order valence-corrected chi connectivity index (χ4v) is 3.24. The van der Waals surface area contributed by atoms with E-state index in [4.69, 9.17) is 17.3 Å². The van der Waals surface area contributed by atoms with E-state index in [9.17, 15) is 0 Å². The first-order chi connectivity index (χ1) is 12.6. The molecule has 26 heavy (non-hydrogen) atoms. The van der Waals surface area contributed by atoms with Gasteiger partial charge in [0, 0.05) is 18.7 Å². The molecule has 0 radical (unpaired) electrons. The molecule has 0 aliphatic carbocycles. The Kier molecular flexibility index (Phi) is 5.81. The molecule has 0 spiro atoms. The van der Waals surface area contributed by atoms with Crippen molar-refractivity contribution >= 4 is 12.2 Å². The number of hydrogen-bond acceptors (Lipinski definition) is 3. The van der Waals surface area contributed by atoms with Crippen LogP contribution in [0.3, 0.4) is 0 Å². The van der Waals surface area contributed by atoms with E-state index in [1.165, 1.54) is 11.1 Å². The molecule has 0 amide bonds. The van der Waals surface area contributed by atoms with Gasteiger partial charge in [-0.15, -0.1) is 6.58 Å². The monoisotopic (exact) mass is 364 g/mol. The highest BCUT2D eigenvalue weighted by atomic mass is 32.1. The molecule has 3 aromatic rings. The van der Waals surface area contributed by atoms with E-state index in [0.717, 1.165) is 17.9 Å². The van der Waals surface area contributed by atoms with Crippen LogP contribution in [0.1, 0.15) is 11.1 Å². The molecule has 3 rings (SSSR count). The minimum atomic E-state index is 0.636. The van der Waals surface area contributed by atoms with Gasteiger partial charge < -0.3 is 0 Å². The summed E-state index contributed by atoms with van der Waals surface area (Å²) in [5, 5.41) is 4.79. The van der Waals surface area contributed by atoms with Crippen molar-refractivity contribution in [1.82, 2.24) is 19.2 Å². The topological polar surface area (TPSA) is 26.0 Å². The van der Waals surface area contributed by atoms with Crippen LogP contribution in [0, 0.1) is 11.7 Å². The van der Waals surface area contributed by atoms with Crippen LogP contribution in [-0.4, -0.2) is 26.3 Å². The van der Waals surface area contributed by atoms with E-state index in [2.05, 4.69) is 61.8 Å². The fraction of sp³-hybridized carbons (Fsp3) is 0.238. The number of benzene rings is 2. The molecule has 1 aromatic heterocycles. The molecule has 0 unspecified atom stereocenters. The third kappa shape index (κ3) is 4.00.